The topological polar surface area (TPSA) is 89.8 Å². The Labute approximate surface area is 124 Å². The summed E-state index contributed by atoms with van der Waals surface area (Å²) in [6, 6.07) is 2.21. The molecule has 0 spiro atoms. The number of nitrogens with one attached hydrogen (secondary N) is 2. The number of hydrogen-bond acceptors (Lipinski definition) is 7. The predicted octanol–water partition coefficient (Wildman–Crippen LogP) is 1.40. The Morgan fingerprint density at radius 3 is 2.57 bits per heavy atom. The van der Waals surface area contributed by atoms with Gasteiger partial charge in [-0.15, -0.1) is 0 Å². The largest absolute Gasteiger partial charge is 0.461 e. The first kappa shape index (κ1) is 15.0. The lowest BCUT2D eigenvalue weighted by Gasteiger charge is -2.11. The highest BCUT2D eigenvalue weighted by molar-refractivity contribution is 5.35. The van der Waals surface area contributed by atoms with E-state index < -0.39 is 0 Å². The molecule has 21 heavy (non-hydrogen) atoms. The van der Waals surface area contributed by atoms with E-state index in [1.807, 2.05) is 37.7 Å². The number of anilines is 2. The third-order valence-electron chi connectivity index (χ3n) is 2.47. The molecule has 0 aromatic carbocycles. The van der Waals surface area contributed by atoms with Gasteiger partial charge in [-0.1, -0.05) is 0 Å². The highest BCUT2D eigenvalue weighted by atomic mass is 16.5. The van der Waals surface area contributed by atoms with Gasteiger partial charge in [0.15, 0.2) is 0 Å². The van der Waals surface area contributed by atoms with Gasteiger partial charge in [0.2, 0.25) is 11.9 Å². The number of ether oxygens (including phenoxy) is 1. The highest BCUT2D eigenvalue weighted by Crippen LogP contribution is 2.12. The van der Waals surface area contributed by atoms with Gasteiger partial charge in [0.1, 0.15) is 0 Å². The fourth-order valence-corrected chi connectivity index (χ4v) is 1.65. The summed E-state index contributed by atoms with van der Waals surface area (Å²) in [7, 11) is 0. The molecule has 2 rings (SSSR count). The maximum absolute atomic E-state index is 5.53. The second kappa shape index (κ2) is 7.41. The summed E-state index contributed by atoms with van der Waals surface area (Å²) in [5, 5.41) is 10.4. The van der Waals surface area contributed by atoms with Crippen LogP contribution >= 0.6 is 0 Å². The van der Waals surface area contributed by atoms with Crippen molar-refractivity contribution >= 4 is 11.9 Å². The molecule has 0 aliphatic heterocycles. The Hall–Kier alpha value is -2.38. The first-order chi connectivity index (χ1) is 10.2. The standard InChI is InChI=1S/C13H21N7O/c1-4-14-11-17-12(19-13(18-11)21-10(2)3)15-7-9-20-8-5-6-16-20/h5-6,8,10H,4,7,9H2,1-3H3,(H2,14,15,17,18,19). The Kier molecular flexibility index (Phi) is 5.30. The highest BCUT2D eigenvalue weighted by Gasteiger charge is 2.08. The summed E-state index contributed by atoms with van der Waals surface area (Å²) >= 11 is 0. The minimum atomic E-state index is 0.0128. The van der Waals surface area contributed by atoms with Crippen molar-refractivity contribution in [3.05, 3.63) is 18.5 Å². The van der Waals surface area contributed by atoms with E-state index in [2.05, 4.69) is 30.7 Å². The molecular weight excluding hydrogens is 270 g/mol. The molecule has 0 aliphatic carbocycles. The molecule has 0 saturated carbocycles. The quantitative estimate of drug-likeness (QED) is 0.759. The van der Waals surface area contributed by atoms with Crippen LogP contribution in [0.5, 0.6) is 6.01 Å². The fourth-order valence-electron chi connectivity index (χ4n) is 1.65. The van der Waals surface area contributed by atoms with Crippen molar-refractivity contribution < 1.29 is 4.74 Å². The summed E-state index contributed by atoms with van der Waals surface area (Å²) in [6.07, 6.45) is 3.67. The van der Waals surface area contributed by atoms with Crippen LogP contribution in [0, 0.1) is 0 Å². The van der Waals surface area contributed by atoms with Crippen LogP contribution in [0.1, 0.15) is 20.8 Å². The van der Waals surface area contributed by atoms with Gasteiger partial charge in [0, 0.05) is 25.5 Å². The van der Waals surface area contributed by atoms with Crippen LogP contribution in [0.4, 0.5) is 11.9 Å². The number of nitrogens with zero attached hydrogens (tertiary/aromatic N) is 5. The maximum atomic E-state index is 5.53. The lowest BCUT2D eigenvalue weighted by molar-refractivity contribution is 0.222. The normalized spacial score (nSPS) is 10.7. The van der Waals surface area contributed by atoms with E-state index in [1.54, 1.807) is 6.20 Å². The molecule has 0 fully saturated rings. The van der Waals surface area contributed by atoms with Crippen molar-refractivity contribution in [1.82, 2.24) is 24.7 Å². The maximum Gasteiger partial charge on any atom is 0.323 e. The smallest absolute Gasteiger partial charge is 0.323 e. The van der Waals surface area contributed by atoms with E-state index >= 15 is 0 Å². The second-order valence-corrected chi connectivity index (χ2v) is 4.66. The van der Waals surface area contributed by atoms with Gasteiger partial charge in [0.05, 0.1) is 12.6 Å². The Bertz CT molecular complexity index is 541. The van der Waals surface area contributed by atoms with Crippen molar-refractivity contribution in [3.8, 4) is 6.01 Å². The Morgan fingerprint density at radius 2 is 1.95 bits per heavy atom. The number of hydrogen-bond donors (Lipinski definition) is 2. The van der Waals surface area contributed by atoms with Crippen LogP contribution in [-0.2, 0) is 6.54 Å². The first-order valence-electron chi connectivity index (χ1n) is 7.05. The molecule has 0 aliphatic rings. The van der Waals surface area contributed by atoms with Gasteiger partial charge in [0.25, 0.3) is 0 Å². The summed E-state index contributed by atoms with van der Waals surface area (Å²) < 4.78 is 7.37. The van der Waals surface area contributed by atoms with Crippen molar-refractivity contribution in [2.24, 2.45) is 0 Å². The van der Waals surface area contributed by atoms with Gasteiger partial charge >= 0.3 is 6.01 Å². The third-order valence-corrected chi connectivity index (χ3v) is 2.47. The molecule has 0 amide bonds. The van der Waals surface area contributed by atoms with Gasteiger partial charge < -0.3 is 15.4 Å². The zero-order valence-electron chi connectivity index (χ0n) is 12.6. The predicted molar refractivity (Wildman–Crippen MR) is 80.5 cm³/mol. The fraction of sp³-hybridized carbons (Fsp3) is 0.538. The summed E-state index contributed by atoms with van der Waals surface area (Å²) in [6.45, 7) is 7.98. The molecule has 114 valence electrons. The molecule has 2 N–H and O–H groups in total. The summed E-state index contributed by atoms with van der Waals surface area (Å²) in [4.78, 5) is 12.8. The zero-order valence-corrected chi connectivity index (χ0v) is 12.6. The minimum Gasteiger partial charge on any atom is -0.461 e. The lowest BCUT2D eigenvalue weighted by atomic mass is 10.5. The average Bonchev–Trinajstić information content (AvgIpc) is 2.91. The minimum absolute atomic E-state index is 0.0128. The average molecular weight is 291 g/mol. The molecule has 2 aromatic rings. The van der Waals surface area contributed by atoms with Crippen LogP contribution in [0.3, 0.4) is 0 Å². The molecule has 2 aromatic heterocycles. The molecular formula is C13H21N7O. The molecule has 0 bridgehead atoms. The van der Waals surface area contributed by atoms with Crippen molar-refractivity contribution in [3.63, 3.8) is 0 Å². The van der Waals surface area contributed by atoms with Crippen LogP contribution < -0.4 is 15.4 Å². The van der Waals surface area contributed by atoms with Crippen LogP contribution in [0.15, 0.2) is 18.5 Å². The van der Waals surface area contributed by atoms with E-state index in [0.29, 0.717) is 24.5 Å². The Balaban J connectivity index is 2.00. The molecule has 8 nitrogen and oxygen atoms in total. The third kappa shape index (κ3) is 4.90. The van der Waals surface area contributed by atoms with Crippen LogP contribution in [-0.4, -0.2) is 43.9 Å². The van der Waals surface area contributed by atoms with Gasteiger partial charge in [-0.3, -0.25) is 4.68 Å². The summed E-state index contributed by atoms with van der Waals surface area (Å²) in [5.41, 5.74) is 0. The lowest BCUT2D eigenvalue weighted by Crippen LogP contribution is -2.16. The van der Waals surface area contributed by atoms with Crippen LogP contribution in [0.2, 0.25) is 0 Å². The van der Waals surface area contributed by atoms with E-state index in [1.165, 1.54) is 0 Å². The first-order valence-corrected chi connectivity index (χ1v) is 7.05. The van der Waals surface area contributed by atoms with Gasteiger partial charge in [-0.25, -0.2) is 0 Å². The molecule has 0 saturated heterocycles. The van der Waals surface area contributed by atoms with E-state index in [0.717, 1.165) is 13.1 Å². The van der Waals surface area contributed by atoms with Gasteiger partial charge in [-0.05, 0) is 26.8 Å². The molecule has 2 heterocycles. The molecule has 0 radical (unpaired) electrons. The van der Waals surface area contributed by atoms with Crippen molar-refractivity contribution in [2.75, 3.05) is 23.7 Å². The number of aromatic nitrogens is 5. The van der Waals surface area contributed by atoms with E-state index in [4.69, 9.17) is 4.74 Å². The van der Waals surface area contributed by atoms with Crippen molar-refractivity contribution in [2.45, 2.75) is 33.4 Å². The van der Waals surface area contributed by atoms with Crippen molar-refractivity contribution in [1.29, 1.82) is 0 Å². The number of rotatable bonds is 8. The second-order valence-electron chi connectivity index (χ2n) is 4.66. The SMILES string of the molecule is CCNc1nc(NCCn2cccn2)nc(OC(C)C)n1. The van der Waals surface area contributed by atoms with E-state index in [-0.39, 0.29) is 6.10 Å². The monoisotopic (exact) mass is 291 g/mol. The van der Waals surface area contributed by atoms with Crippen LogP contribution in [0.25, 0.3) is 0 Å². The van der Waals surface area contributed by atoms with Gasteiger partial charge in [-0.2, -0.15) is 20.1 Å². The summed E-state index contributed by atoms with van der Waals surface area (Å²) in [5.74, 6) is 0.994. The molecule has 0 atom stereocenters. The molecule has 0 unspecified atom stereocenters. The van der Waals surface area contributed by atoms with E-state index in [9.17, 15) is 0 Å². The molecule has 8 heteroatoms. The Morgan fingerprint density at radius 1 is 1.19 bits per heavy atom. The zero-order chi connectivity index (χ0) is 15.1.